The van der Waals surface area contributed by atoms with Crippen molar-refractivity contribution in [3.8, 4) is 5.75 Å². The molecule has 136 valence electrons. The summed E-state index contributed by atoms with van der Waals surface area (Å²) in [6.07, 6.45) is 0.804. The molecule has 0 N–H and O–H groups in total. The summed E-state index contributed by atoms with van der Waals surface area (Å²) in [5.74, 6) is 0.182. The molecule has 5 nitrogen and oxygen atoms in total. The van der Waals surface area contributed by atoms with Gasteiger partial charge in [-0.2, -0.15) is 0 Å². The molecule has 0 bridgehead atoms. The summed E-state index contributed by atoms with van der Waals surface area (Å²) < 4.78 is 29.5. The molecule has 3 rings (SSSR count). The molecule has 0 saturated heterocycles. The van der Waals surface area contributed by atoms with Crippen molar-refractivity contribution < 1.29 is 17.9 Å². The highest BCUT2D eigenvalue weighted by atomic mass is 32.2. The van der Waals surface area contributed by atoms with E-state index in [1.165, 1.54) is 10.3 Å². The first-order chi connectivity index (χ1) is 12.4. The van der Waals surface area contributed by atoms with Crippen molar-refractivity contribution in [2.45, 2.75) is 26.0 Å². The van der Waals surface area contributed by atoms with Crippen LogP contribution >= 0.6 is 0 Å². The van der Waals surface area contributed by atoms with E-state index < -0.39 is 22.0 Å². The zero-order chi connectivity index (χ0) is 18.7. The topological polar surface area (TPSA) is 63.7 Å². The number of hydrogen-bond donors (Lipinski definition) is 0. The van der Waals surface area contributed by atoms with Gasteiger partial charge in [0.2, 0.25) is 0 Å². The molecule has 0 spiro atoms. The highest BCUT2D eigenvalue weighted by molar-refractivity contribution is 7.94. The van der Waals surface area contributed by atoms with Crippen molar-refractivity contribution in [2.24, 2.45) is 0 Å². The lowest BCUT2D eigenvalue weighted by atomic mass is 10.1. The van der Waals surface area contributed by atoms with E-state index in [2.05, 4.69) is 0 Å². The molecular weight excluding hydrogens is 350 g/mol. The number of carbonyl (C=O) groups is 1. The predicted molar refractivity (Wildman–Crippen MR) is 102 cm³/mol. The fraction of sp³-hybridized carbons (Fsp3) is 0.250. The summed E-state index contributed by atoms with van der Waals surface area (Å²) in [7, 11) is -3.29. The van der Waals surface area contributed by atoms with Crippen molar-refractivity contribution in [3.05, 3.63) is 71.6 Å². The van der Waals surface area contributed by atoms with Crippen LogP contribution in [0.3, 0.4) is 0 Å². The number of nitrogens with zero attached hydrogens (tertiary/aromatic N) is 1. The Kier molecular flexibility index (Phi) is 5.13. The third-order valence-electron chi connectivity index (χ3n) is 4.20. The van der Waals surface area contributed by atoms with Crippen molar-refractivity contribution in [1.29, 1.82) is 0 Å². The smallest absolute Gasteiger partial charge is 0.268 e. The predicted octanol–water partition coefficient (Wildman–Crippen LogP) is 3.11. The van der Waals surface area contributed by atoms with Gasteiger partial charge in [0.25, 0.3) is 5.91 Å². The van der Waals surface area contributed by atoms with Gasteiger partial charge in [-0.15, -0.1) is 0 Å². The van der Waals surface area contributed by atoms with Crippen LogP contribution in [0.25, 0.3) is 0 Å². The molecule has 0 fully saturated rings. The van der Waals surface area contributed by atoms with E-state index in [0.717, 1.165) is 5.56 Å². The number of sulfone groups is 1. The summed E-state index contributed by atoms with van der Waals surface area (Å²) in [6.45, 7) is 3.63. The van der Waals surface area contributed by atoms with E-state index in [-0.39, 0.29) is 11.7 Å². The van der Waals surface area contributed by atoms with Crippen LogP contribution in [0, 0.1) is 6.92 Å². The summed E-state index contributed by atoms with van der Waals surface area (Å²) in [4.78, 5) is 14.6. The third-order valence-corrected chi connectivity index (χ3v) is 5.57. The molecule has 1 amide bonds. The summed E-state index contributed by atoms with van der Waals surface area (Å²) in [5.41, 5.74) is 1.71. The maximum absolute atomic E-state index is 13.1. The molecule has 2 aromatic rings. The van der Waals surface area contributed by atoms with Crippen LogP contribution in [0.5, 0.6) is 5.75 Å². The number of carbonyl (C=O) groups excluding carboxylic acids is 1. The quantitative estimate of drug-likeness (QED) is 0.810. The molecule has 1 heterocycles. The van der Waals surface area contributed by atoms with Gasteiger partial charge in [-0.25, -0.2) is 8.42 Å². The SMILES string of the molecule is Cc1ccc(N(C(=O)C(C)Oc2ccccc2)C2C=CS(=O)(=O)C2)cc1. The van der Waals surface area contributed by atoms with Crippen LogP contribution in [-0.4, -0.2) is 32.2 Å². The Balaban J connectivity index is 1.88. The first-order valence-electron chi connectivity index (χ1n) is 8.38. The Hall–Kier alpha value is -2.60. The molecule has 2 aromatic carbocycles. The summed E-state index contributed by atoms with van der Waals surface area (Å²) >= 11 is 0. The van der Waals surface area contributed by atoms with Gasteiger partial charge in [0, 0.05) is 11.1 Å². The van der Waals surface area contributed by atoms with E-state index in [9.17, 15) is 13.2 Å². The zero-order valence-electron chi connectivity index (χ0n) is 14.7. The Morgan fingerprint density at radius 2 is 1.77 bits per heavy atom. The van der Waals surface area contributed by atoms with Crippen LogP contribution in [0.4, 0.5) is 5.69 Å². The van der Waals surface area contributed by atoms with E-state index in [1.807, 2.05) is 49.4 Å². The van der Waals surface area contributed by atoms with Crippen LogP contribution in [-0.2, 0) is 14.6 Å². The maximum atomic E-state index is 13.1. The van der Waals surface area contributed by atoms with Crippen LogP contribution in [0.2, 0.25) is 0 Å². The largest absolute Gasteiger partial charge is 0.481 e. The van der Waals surface area contributed by atoms with Gasteiger partial charge in [-0.05, 0) is 44.2 Å². The van der Waals surface area contributed by atoms with Crippen LogP contribution < -0.4 is 9.64 Å². The maximum Gasteiger partial charge on any atom is 0.268 e. The van der Waals surface area contributed by atoms with Gasteiger partial charge in [0.1, 0.15) is 5.75 Å². The molecule has 1 aliphatic heterocycles. The molecule has 0 saturated carbocycles. The fourth-order valence-electron chi connectivity index (χ4n) is 2.86. The number of anilines is 1. The highest BCUT2D eigenvalue weighted by Crippen LogP contribution is 2.25. The number of ether oxygens (including phenoxy) is 1. The van der Waals surface area contributed by atoms with E-state index in [0.29, 0.717) is 11.4 Å². The fourth-order valence-corrected chi connectivity index (χ4v) is 4.13. The molecule has 2 atom stereocenters. The second-order valence-electron chi connectivity index (χ2n) is 6.34. The summed E-state index contributed by atoms with van der Waals surface area (Å²) in [6, 6.07) is 16.0. The Morgan fingerprint density at radius 3 is 2.35 bits per heavy atom. The highest BCUT2D eigenvalue weighted by Gasteiger charge is 2.34. The molecule has 0 aromatic heterocycles. The molecule has 0 radical (unpaired) electrons. The van der Waals surface area contributed by atoms with E-state index in [1.54, 1.807) is 25.1 Å². The third kappa shape index (κ3) is 4.14. The lowest BCUT2D eigenvalue weighted by molar-refractivity contribution is -0.124. The van der Waals surface area contributed by atoms with Gasteiger partial charge >= 0.3 is 0 Å². The number of para-hydroxylation sites is 1. The normalized spacial score (nSPS) is 19.1. The first-order valence-corrected chi connectivity index (χ1v) is 10.1. The Morgan fingerprint density at radius 1 is 1.12 bits per heavy atom. The zero-order valence-corrected chi connectivity index (χ0v) is 15.5. The van der Waals surface area contributed by atoms with Gasteiger partial charge in [0.05, 0.1) is 11.8 Å². The Labute approximate surface area is 153 Å². The molecule has 1 aliphatic rings. The minimum Gasteiger partial charge on any atom is -0.481 e. The number of rotatable bonds is 5. The molecule has 2 unspecified atom stereocenters. The van der Waals surface area contributed by atoms with Gasteiger partial charge < -0.3 is 9.64 Å². The number of aryl methyl sites for hydroxylation is 1. The number of amides is 1. The lowest BCUT2D eigenvalue weighted by Gasteiger charge is -2.30. The van der Waals surface area contributed by atoms with Crippen molar-refractivity contribution in [3.63, 3.8) is 0 Å². The minimum atomic E-state index is -3.29. The molecular formula is C20H21NO4S. The average molecular weight is 371 g/mol. The van der Waals surface area contributed by atoms with Crippen LogP contribution in [0.1, 0.15) is 12.5 Å². The Bertz CT molecular complexity index is 905. The molecule has 6 heteroatoms. The number of hydrogen-bond acceptors (Lipinski definition) is 4. The van der Waals surface area contributed by atoms with Gasteiger partial charge in [0.15, 0.2) is 15.9 Å². The standard InChI is InChI=1S/C20H21NO4S/c1-15-8-10-17(11-9-15)21(18-12-13-26(23,24)14-18)20(22)16(2)25-19-6-4-3-5-7-19/h3-13,16,18H,14H2,1-2H3. The van der Waals surface area contributed by atoms with Crippen LogP contribution in [0.15, 0.2) is 66.1 Å². The van der Waals surface area contributed by atoms with E-state index in [4.69, 9.17) is 4.74 Å². The number of benzene rings is 2. The van der Waals surface area contributed by atoms with Gasteiger partial charge in [-0.1, -0.05) is 35.9 Å². The molecule has 26 heavy (non-hydrogen) atoms. The minimum absolute atomic E-state index is 0.120. The van der Waals surface area contributed by atoms with Gasteiger partial charge in [-0.3, -0.25) is 4.79 Å². The lowest BCUT2D eigenvalue weighted by Crippen LogP contribution is -2.47. The van der Waals surface area contributed by atoms with E-state index >= 15 is 0 Å². The summed E-state index contributed by atoms with van der Waals surface area (Å²) in [5, 5.41) is 1.18. The first kappa shape index (κ1) is 18.2. The second-order valence-corrected chi connectivity index (χ2v) is 8.27. The van der Waals surface area contributed by atoms with Crippen molar-refractivity contribution >= 4 is 21.4 Å². The average Bonchev–Trinajstić information content (AvgIpc) is 2.97. The second kappa shape index (κ2) is 7.33. The monoisotopic (exact) mass is 371 g/mol. The molecule has 0 aliphatic carbocycles. The van der Waals surface area contributed by atoms with Crippen molar-refractivity contribution in [1.82, 2.24) is 0 Å². The van der Waals surface area contributed by atoms with Crippen molar-refractivity contribution in [2.75, 3.05) is 10.7 Å².